The SMILES string of the molecule is O=C(CCCCCCC(=O)N/N=C/[C@@H]1C[C@H]2CC[C@H]1C2)N/N=C\[C@@H]1C[C@H]2CC[C@H]1C2. The molecule has 0 aromatic carbocycles. The number of amides is 2. The highest BCUT2D eigenvalue weighted by molar-refractivity contribution is 5.77. The van der Waals surface area contributed by atoms with Crippen LogP contribution >= 0.6 is 0 Å². The highest BCUT2D eigenvalue weighted by Gasteiger charge is 2.39. The summed E-state index contributed by atoms with van der Waals surface area (Å²) < 4.78 is 0. The summed E-state index contributed by atoms with van der Waals surface area (Å²) in [5, 5.41) is 8.38. The second kappa shape index (κ2) is 10.5. The lowest BCUT2D eigenvalue weighted by atomic mass is 9.90. The van der Waals surface area contributed by atoms with Crippen molar-refractivity contribution in [1.82, 2.24) is 10.9 Å². The third-order valence-electron chi connectivity index (χ3n) is 8.05. The Morgan fingerprint density at radius 3 is 1.50 bits per heavy atom. The average Bonchev–Trinajstić information content (AvgIpc) is 3.52. The van der Waals surface area contributed by atoms with Crippen LogP contribution in [0.5, 0.6) is 0 Å². The molecule has 4 rings (SSSR count). The molecule has 0 aromatic heterocycles. The molecule has 2 N–H and O–H groups in total. The predicted octanol–water partition coefficient (Wildman–Crippen LogP) is 4.40. The molecule has 30 heavy (non-hydrogen) atoms. The van der Waals surface area contributed by atoms with Crippen molar-refractivity contribution < 1.29 is 9.59 Å². The van der Waals surface area contributed by atoms with Gasteiger partial charge in [-0.2, -0.15) is 10.2 Å². The topological polar surface area (TPSA) is 82.9 Å². The van der Waals surface area contributed by atoms with E-state index in [0.29, 0.717) is 24.7 Å². The molecule has 0 aromatic rings. The Kier molecular flexibility index (Phi) is 7.56. The van der Waals surface area contributed by atoms with E-state index in [1.165, 1.54) is 51.4 Å². The van der Waals surface area contributed by atoms with Crippen LogP contribution in [0.2, 0.25) is 0 Å². The van der Waals surface area contributed by atoms with Gasteiger partial charge >= 0.3 is 0 Å². The Morgan fingerprint density at radius 1 is 0.667 bits per heavy atom. The summed E-state index contributed by atoms with van der Waals surface area (Å²) >= 11 is 0. The lowest BCUT2D eigenvalue weighted by Crippen LogP contribution is -2.20. The molecule has 4 saturated carbocycles. The van der Waals surface area contributed by atoms with Crippen molar-refractivity contribution >= 4 is 24.2 Å². The Morgan fingerprint density at radius 2 is 1.13 bits per heavy atom. The van der Waals surface area contributed by atoms with Crippen LogP contribution in [0.25, 0.3) is 0 Å². The Hall–Kier alpha value is -1.72. The van der Waals surface area contributed by atoms with E-state index in [1.54, 1.807) is 0 Å². The van der Waals surface area contributed by atoms with E-state index in [-0.39, 0.29) is 11.8 Å². The molecule has 0 unspecified atom stereocenters. The summed E-state index contributed by atoms with van der Waals surface area (Å²) in [4.78, 5) is 23.8. The van der Waals surface area contributed by atoms with Crippen LogP contribution in [-0.4, -0.2) is 24.2 Å². The minimum Gasteiger partial charge on any atom is -0.273 e. The standard InChI is InChI=1S/C24H38N4O2/c29-23(27-25-15-21-13-17-7-9-19(21)11-17)5-3-1-2-4-6-24(30)28-26-16-22-14-18-8-10-20(22)12-18/h15-22H,1-14H2,(H,27,29)(H,28,30)/b25-15-,26-16+/t17-,18-,19-,20-,21-,22-/m0/s1. The van der Waals surface area contributed by atoms with Crippen molar-refractivity contribution in [3.8, 4) is 0 Å². The summed E-state index contributed by atoms with van der Waals surface area (Å²) in [5.74, 6) is 4.56. The van der Waals surface area contributed by atoms with Crippen LogP contribution in [0.15, 0.2) is 10.2 Å². The van der Waals surface area contributed by atoms with E-state index >= 15 is 0 Å². The Bertz CT molecular complexity index is 606. The minimum atomic E-state index is 0.00195. The van der Waals surface area contributed by atoms with Crippen molar-refractivity contribution in [2.45, 2.75) is 89.9 Å². The number of hydrogen-bond donors (Lipinski definition) is 2. The summed E-state index contributed by atoms with van der Waals surface area (Å²) in [6, 6.07) is 0. The van der Waals surface area contributed by atoms with Crippen LogP contribution in [0.1, 0.15) is 89.9 Å². The van der Waals surface area contributed by atoms with Gasteiger partial charge in [-0.3, -0.25) is 9.59 Å². The van der Waals surface area contributed by atoms with Crippen LogP contribution < -0.4 is 10.9 Å². The van der Waals surface area contributed by atoms with Gasteiger partial charge in [0.2, 0.25) is 11.8 Å². The number of fused-ring (bicyclic) bond motifs is 4. The number of carbonyl (C=O) groups excluding carboxylic acids is 2. The molecule has 2 amide bonds. The zero-order chi connectivity index (χ0) is 20.8. The van der Waals surface area contributed by atoms with E-state index < -0.39 is 0 Å². The van der Waals surface area contributed by atoms with E-state index in [4.69, 9.17) is 0 Å². The molecule has 4 fully saturated rings. The Labute approximate surface area is 180 Å². The number of carbonyl (C=O) groups is 2. The number of unbranched alkanes of at least 4 members (excludes halogenated alkanes) is 3. The highest BCUT2D eigenvalue weighted by atomic mass is 16.2. The molecule has 0 saturated heterocycles. The fraction of sp³-hybridized carbons (Fsp3) is 0.833. The monoisotopic (exact) mass is 414 g/mol. The smallest absolute Gasteiger partial charge is 0.240 e. The first-order valence-electron chi connectivity index (χ1n) is 12.3. The molecule has 4 bridgehead atoms. The molecule has 166 valence electrons. The number of hydrazone groups is 2. The highest BCUT2D eigenvalue weighted by Crippen LogP contribution is 2.48. The first-order chi connectivity index (χ1) is 14.7. The first-order valence-corrected chi connectivity index (χ1v) is 12.3. The molecule has 4 aliphatic rings. The van der Waals surface area contributed by atoms with Crippen molar-refractivity contribution in [3.63, 3.8) is 0 Å². The summed E-state index contributed by atoms with van der Waals surface area (Å²) in [7, 11) is 0. The van der Waals surface area contributed by atoms with Gasteiger partial charge in [-0.05, 0) is 86.9 Å². The van der Waals surface area contributed by atoms with Crippen LogP contribution in [0, 0.1) is 35.5 Å². The van der Waals surface area contributed by atoms with Gasteiger partial charge in [0.05, 0.1) is 0 Å². The molecule has 4 aliphatic carbocycles. The first kappa shape index (κ1) is 21.5. The zero-order valence-electron chi connectivity index (χ0n) is 18.2. The van der Waals surface area contributed by atoms with Gasteiger partial charge in [0, 0.05) is 25.3 Å². The van der Waals surface area contributed by atoms with E-state index in [2.05, 4.69) is 21.1 Å². The second-order valence-electron chi connectivity index (χ2n) is 10.2. The molecule has 6 nitrogen and oxygen atoms in total. The quantitative estimate of drug-likeness (QED) is 0.298. The average molecular weight is 415 g/mol. The molecule has 0 heterocycles. The number of nitrogens with one attached hydrogen (secondary N) is 2. The van der Waals surface area contributed by atoms with E-state index in [9.17, 15) is 9.59 Å². The second-order valence-corrected chi connectivity index (χ2v) is 10.2. The molecule has 6 atom stereocenters. The summed E-state index contributed by atoms with van der Waals surface area (Å²) in [6.07, 6.45) is 19.2. The van der Waals surface area contributed by atoms with Crippen molar-refractivity contribution in [1.29, 1.82) is 0 Å². The largest absolute Gasteiger partial charge is 0.273 e. The van der Waals surface area contributed by atoms with Crippen LogP contribution in [-0.2, 0) is 9.59 Å². The predicted molar refractivity (Wildman–Crippen MR) is 119 cm³/mol. The van der Waals surface area contributed by atoms with Crippen LogP contribution in [0.4, 0.5) is 0 Å². The number of hydrogen-bond acceptors (Lipinski definition) is 4. The van der Waals surface area contributed by atoms with Gasteiger partial charge in [-0.15, -0.1) is 0 Å². The number of nitrogens with zero attached hydrogens (tertiary/aromatic N) is 2. The molecular formula is C24H38N4O2. The van der Waals surface area contributed by atoms with Gasteiger partial charge in [-0.1, -0.05) is 25.7 Å². The molecule has 0 radical (unpaired) electrons. The van der Waals surface area contributed by atoms with Gasteiger partial charge < -0.3 is 0 Å². The van der Waals surface area contributed by atoms with Crippen molar-refractivity contribution in [3.05, 3.63) is 0 Å². The fourth-order valence-corrected chi connectivity index (χ4v) is 6.40. The van der Waals surface area contributed by atoms with E-state index in [0.717, 1.165) is 49.4 Å². The number of rotatable bonds is 11. The van der Waals surface area contributed by atoms with Gasteiger partial charge in [-0.25, -0.2) is 10.9 Å². The third-order valence-corrected chi connectivity index (χ3v) is 8.05. The molecule has 6 heteroatoms. The van der Waals surface area contributed by atoms with E-state index in [1.807, 2.05) is 12.4 Å². The van der Waals surface area contributed by atoms with Gasteiger partial charge in [0.15, 0.2) is 0 Å². The maximum absolute atomic E-state index is 11.9. The lowest BCUT2D eigenvalue weighted by molar-refractivity contribution is -0.122. The molecule has 0 spiro atoms. The normalized spacial score (nSPS) is 34.4. The Balaban J connectivity index is 0.974. The van der Waals surface area contributed by atoms with Gasteiger partial charge in [0.1, 0.15) is 0 Å². The van der Waals surface area contributed by atoms with Crippen LogP contribution in [0.3, 0.4) is 0 Å². The third kappa shape index (κ3) is 5.92. The zero-order valence-corrected chi connectivity index (χ0v) is 18.2. The maximum atomic E-state index is 11.9. The maximum Gasteiger partial charge on any atom is 0.240 e. The molecule has 0 aliphatic heterocycles. The molecular weight excluding hydrogens is 376 g/mol. The lowest BCUT2D eigenvalue weighted by Gasteiger charge is -2.16. The fourth-order valence-electron chi connectivity index (χ4n) is 6.40. The van der Waals surface area contributed by atoms with Crippen molar-refractivity contribution in [2.24, 2.45) is 45.7 Å². The van der Waals surface area contributed by atoms with Gasteiger partial charge in [0.25, 0.3) is 0 Å². The minimum absolute atomic E-state index is 0.00195. The van der Waals surface area contributed by atoms with Crippen molar-refractivity contribution in [2.75, 3.05) is 0 Å². The summed E-state index contributed by atoms with van der Waals surface area (Å²) in [5.41, 5.74) is 5.37. The summed E-state index contributed by atoms with van der Waals surface area (Å²) in [6.45, 7) is 0.